The number of carbonyl (C=O) groups is 2. The second-order valence-corrected chi connectivity index (χ2v) is 6.13. The second-order valence-electron chi connectivity index (χ2n) is 5.57. The van der Waals surface area contributed by atoms with Crippen molar-refractivity contribution in [3.63, 3.8) is 0 Å². The normalized spacial score (nSPS) is 24.9. The minimum absolute atomic E-state index is 0.0677. The first-order valence-corrected chi connectivity index (χ1v) is 6.93. The highest BCUT2D eigenvalue weighted by molar-refractivity contribution is 9.09. The van der Waals surface area contributed by atoms with Crippen molar-refractivity contribution >= 4 is 27.8 Å². The van der Waals surface area contributed by atoms with E-state index < -0.39 is 5.60 Å². The summed E-state index contributed by atoms with van der Waals surface area (Å²) in [5.74, 6) is 0.290. The lowest BCUT2D eigenvalue weighted by Gasteiger charge is -2.24. The van der Waals surface area contributed by atoms with Crippen LogP contribution in [0.1, 0.15) is 27.7 Å². The van der Waals surface area contributed by atoms with E-state index in [9.17, 15) is 9.59 Å². The van der Waals surface area contributed by atoms with E-state index in [4.69, 9.17) is 4.74 Å². The lowest BCUT2D eigenvalue weighted by Crippen LogP contribution is -2.36. The predicted octanol–water partition coefficient (Wildman–Crippen LogP) is 2.45. The van der Waals surface area contributed by atoms with Crippen molar-refractivity contribution in [3.8, 4) is 0 Å². The van der Waals surface area contributed by atoms with Crippen molar-refractivity contribution in [2.45, 2.75) is 33.3 Å². The summed E-state index contributed by atoms with van der Waals surface area (Å²) in [6, 6.07) is 0. The molecule has 0 aromatic rings. The summed E-state index contributed by atoms with van der Waals surface area (Å²) < 4.78 is 5.30. The van der Waals surface area contributed by atoms with Gasteiger partial charge in [0.25, 0.3) is 0 Å². The van der Waals surface area contributed by atoms with Gasteiger partial charge in [0, 0.05) is 19.0 Å². The zero-order chi connectivity index (χ0) is 13.2. The fourth-order valence-corrected chi connectivity index (χ4v) is 2.38. The summed E-state index contributed by atoms with van der Waals surface area (Å²) in [5, 5.41) is 0.351. The number of hydrogen-bond donors (Lipinski definition) is 0. The Morgan fingerprint density at radius 3 is 2.41 bits per heavy atom. The molecule has 1 aliphatic heterocycles. The maximum absolute atomic E-state index is 11.8. The number of amides is 1. The van der Waals surface area contributed by atoms with Crippen LogP contribution in [0.4, 0.5) is 4.79 Å². The predicted molar refractivity (Wildman–Crippen MR) is 69.3 cm³/mol. The molecular formula is C12H20BrNO3. The van der Waals surface area contributed by atoms with Gasteiger partial charge in [-0.25, -0.2) is 4.79 Å². The van der Waals surface area contributed by atoms with E-state index >= 15 is 0 Å². The number of likely N-dealkylation sites (tertiary alicyclic amines) is 1. The van der Waals surface area contributed by atoms with Crippen LogP contribution in [0, 0.1) is 11.8 Å². The Balaban J connectivity index is 2.60. The van der Waals surface area contributed by atoms with Crippen LogP contribution < -0.4 is 0 Å². The Bertz CT molecular complexity index is 311. The van der Waals surface area contributed by atoms with Crippen LogP contribution >= 0.6 is 15.9 Å². The molecule has 0 N–H and O–H groups in total. The lowest BCUT2D eigenvalue weighted by atomic mass is 9.95. The number of carbonyl (C=O) groups excluding carboxylic acids is 2. The van der Waals surface area contributed by atoms with Crippen LogP contribution in [0.15, 0.2) is 0 Å². The number of nitrogens with zero attached hydrogens (tertiary/aromatic N) is 1. The Hall–Kier alpha value is -0.580. The van der Waals surface area contributed by atoms with Gasteiger partial charge in [0.15, 0.2) is 0 Å². The summed E-state index contributed by atoms with van der Waals surface area (Å²) in [6.45, 7) is 8.58. The van der Waals surface area contributed by atoms with Gasteiger partial charge < -0.3 is 9.64 Å². The van der Waals surface area contributed by atoms with Crippen LogP contribution in [0.2, 0.25) is 0 Å². The Morgan fingerprint density at radius 2 is 1.94 bits per heavy atom. The largest absolute Gasteiger partial charge is 0.444 e. The molecular weight excluding hydrogens is 286 g/mol. The van der Waals surface area contributed by atoms with E-state index in [1.54, 1.807) is 4.90 Å². The van der Waals surface area contributed by atoms with E-state index in [0.717, 1.165) is 0 Å². The zero-order valence-corrected chi connectivity index (χ0v) is 12.4. The Labute approximate surface area is 111 Å². The molecule has 0 spiro atoms. The second kappa shape index (κ2) is 5.38. The van der Waals surface area contributed by atoms with Gasteiger partial charge in [-0.05, 0) is 26.7 Å². The van der Waals surface area contributed by atoms with E-state index in [-0.39, 0.29) is 23.7 Å². The molecule has 0 aromatic heterocycles. The third-order valence-corrected chi connectivity index (χ3v) is 3.36. The highest BCUT2D eigenvalue weighted by atomic mass is 79.9. The summed E-state index contributed by atoms with van der Waals surface area (Å²) >= 11 is 3.17. The van der Waals surface area contributed by atoms with Crippen molar-refractivity contribution < 1.29 is 14.3 Å². The summed E-state index contributed by atoms with van der Waals surface area (Å²) in [5.41, 5.74) is -0.488. The first kappa shape index (κ1) is 14.5. The highest BCUT2D eigenvalue weighted by Crippen LogP contribution is 2.25. The molecule has 2 atom stereocenters. The number of ether oxygens (including phenoxy) is 1. The van der Waals surface area contributed by atoms with Crippen molar-refractivity contribution in [2.75, 3.05) is 18.4 Å². The SMILES string of the molecule is C[C@H]1CN(C(=O)OC(C)(C)C)C[C@@H]1C(=O)CBr. The van der Waals surface area contributed by atoms with Crippen LogP contribution in [-0.2, 0) is 9.53 Å². The summed E-state index contributed by atoms with van der Waals surface area (Å²) in [4.78, 5) is 25.1. The van der Waals surface area contributed by atoms with Crippen LogP contribution in [0.5, 0.6) is 0 Å². The highest BCUT2D eigenvalue weighted by Gasteiger charge is 2.37. The molecule has 1 saturated heterocycles. The summed E-state index contributed by atoms with van der Waals surface area (Å²) in [6.07, 6.45) is -0.325. The number of Topliss-reactive ketones (excluding diaryl/α,β-unsaturated/α-hetero) is 1. The average Bonchev–Trinajstić information content (AvgIpc) is 2.57. The van der Waals surface area contributed by atoms with Gasteiger partial charge in [-0.2, -0.15) is 0 Å². The molecule has 1 rings (SSSR count). The molecule has 1 fully saturated rings. The zero-order valence-electron chi connectivity index (χ0n) is 10.8. The van der Waals surface area contributed by atoms with Crippen molar-refractivity contribution in [1.29, 1.82) is 0 Å². The molecule has 1 heterocycles. The van der Waals surface area contributed by atoms with Crippen molar-refractivity contribution in [1.82, 2.24) is 4.90 Å². The number of halogens is 1. The summed E-state index contributed by atoms with van der Waals surface area (Å²) in [7, 11) is 0. The topological polar surface area (TPSA) is 46.6 Å². The van der Waals surface area contributed by atoms with Crippen LogP contribution in [-0.4, -0.2) is 40.8 Å². The van der Waals surface area contributed by atoms with E-state index in [0.29, 0.717) is 18.4 Å². The first-order valence-electron chi connectivity index (χ1n) is 5.81. The minimum atomic E-state index is -0.488. The smallest absolute Gasteiger partial charge is 0.410 e. The van der Waals surface area contributed by atoms with Gasteiger partial charge in [0.1, 0.15) is 11.4 Å². The molecule has 0 radical (unpaired) electrons. The molecule has 1 aliphatic rings. The molecule has 0 aromatic carbocycles. The first-order chi connectivity index (χ1) is 7.74. The van der Waals surface area contributed by atoms with Crippen LogP contribution in [0.3, 0.4) is 0 Å². The fourth-order valence-electron chi connectivity index (χ4n) is 1.96. The maximum Gasteiger partial charge on any atom is 0.410 e. The quantitative estimate of drug-likeness (QED) is 0.736. The molecule has 0 aliphatic carbocycles. The van der Waals surface area contributed by atoms with Crippen molar-refractivity contribution in [2.24, 2.45) is 11.8 Å². The molecule has 17 heavy (non-hydrogen) atoms. The number of rotatable bonds is 2. The minimum Gasteiger partial charge on any atom is -0.444 e. The van der Waals surface area contributed by atoms with E-state index in [1.165, 1.54) is 0 Å². The third kappa shape index (κ3) is 3.98. The Kier molecular flexibility index (Phi) is 4.58. The van der Waals surface area contributed by atoms with E-state index in [1.807, 2.05) is 27.7 Å². The molecule has 0 unspecified atom stereocenters. The van der Waals surface area contributed by atoms with Gasteiger partial charge in [0.2, 0.25) is 0 Å². The van der Waals surface area contributed by atoms with Gasteiger partial charge in [-0.1, -0.05) is 22.9 Å². The van der Waals surface area contributed by atoms with Gasteiger partial charge in [-0.15, -0.1) is 0 Å². The standard InChI is InChI=1S/C12H20BrNO3/c1-8-6-14(7-9(8)10(15)5-13)11(16)17-12(2,3)4/h8-9H,5-7H2,1-4H3/t8-,9-/m0/s1. The average molecular weight is 306 g/mol. The molecule has 1 amide bonds. The monoisotopic (exact) mass is 305 g/mol. The van der Waals surface area contributed by atoms with Crippen LogP contribution in [0.25, 0.3) is 0 Å². The molecule has 4 nitrogen and oxygen atoms in total. The molecule has 0 bridgehead atoms. The molecule has 5 heteroatoms. The number of hydrogen-bond acceptors (Lipinski definition) is 3. The number of alkyl halides is 1. The molecule has 98 valence electrons. The third-order valence-electron chi connectivity index (χ3n) is 2.81. The van der Waals surface area contributed by atoms with Gasteiger partial charge in [0.05, 0.1) is 5.33 Å². The van der Waals surface area contributed by atoms with Gasteiger partial charge >= 0.3 is 6.09 Å². The molecule has 0 saturated carbocycles. The maximum atomic E-state index is 11.8. The van der Waals surface area contributed by atoms with E-state index in [2.05, 4.69) is 15.9 Å². The fraction of sp³-hybridized carbons (Fsp3) is 0.833. The Morgan fingerprint density at radius 1 is 1.35 bits per heavy atom. The number of ketones is 1. The lowest BCUT2D eigenvalue weighted by molar-refractivity contribution is -0.120. The van der Waals surface area contributed by atoms with Gasteiger partial charge in [-0.3, -0.25) is 4.79 Å². The van der Waals surface area contributed by atoms with Crippen molar-refractivity contribution in [3.05, 3.63) is 0 Å².